The van der Waals surface area contributed by atoms with Gasteiger partial charge in [0.15, 0.2) is 0 Å². The summed E-state index contributed by atoms with van der Waals surface area (Å²) in [5.41, 5.74) is 1.91. The number of amides is 1. The van der Waals surface area contributed by atoms with Crippen molar-refractivity contribution in [1.82, 2.24) is 14.7 Å². The smallest absolute Gasteiger partial charge is 0.236 e. The van der Waals surface area contributed by atoms with E-state index < -0.39 is 0 Å². The van der Waals surface area contributed by atoms with Gasteiger partial charge in [0.2, 0.25) is 5.91 Å². The number of benzene rings is 1. The first-order valence-corrected chi connectivity index (χ1v) is 9.76. The van der Waals surface area contributed by atoms with Gasteiger partial charge in [-0.05, 0) is 56.3 Å². The second-order valence-corrected chi connectivity index (χ2v) is 7.48. The Morgan fingerprint density at radius 3 is 2.50 bits per heavy atom. The van der Waals surface area contributed by atoms with Crippen LogP contribution in [0.5, 0.6) is 0 Å². The molecule has 1 aliphatic heterocycles. The molecule has 0 N–H and O–H groups in total. The highest BCUT2D eigenvalue weighted by Crippen LogP contribution is 2.12. The molecule has 1 saturated heterocycles. The maximum Gasteiger partial charge on any atom is 0.236 e. The van der Waals surface area contributed by atoms with Gasteiger partial charge in [-0.15, -0.1) is 0 Å². The summed E-state index contributed by atoms with van der Waals surface area (Å²) in [6.07, 6.45) is 1.05. The van der Waals surface area contributed by atoms with Crippen LogP contribution in [0.15, 0.2) is 40.8 Å². The first-order valence-electron chi connectivity index (χ1n) is 9.76. The van der Waals surface area contributed by atoms with E-state index in [2.05, 4.69) is 15.9 Å². The SMILES string of the molecule is Cc1ccc(CN(C)C(=O)CN2CCCN(Cc3ccc(C#N)cc3)CC2)o1. The third kappa shape index (κ3) is 5.69. The molecule has 1 aromatic heterocycles. The van der Waals surface area contributed by atoms with Crippen LogP contribution in [0.25, 0.3) is 0 Å². The van der Waals surface area contributed by atoms with Gasteiger partial charge in [-0.1, -0.05) is 12.1 Å². The van der Waals surface area contributed by atoms with Gasteiger partial charge in [0.25, 0.3) is 0 Å². The molecule has 6 heteroatoms. The summed E-state index contributed by atoms with van der Waals surface area (Å²) in [5, 5.41) is 8.91. The average molecular weight is 380 g/mol. The molecule has 2 heterocycles. The zero-order valence-electron chi connectivity index (χ0n) is 16.7. The minimum Gasteiger partial charge on any atom is -0.464 e. The van der Waals surface area contributed by atoms with Gasteiger partial charge < -0.3 is 9.32 Å². The summed E-state index contributed by atoms with van der Waals surface area (Å²) in [7, 11) is 1.83. The molecular weight excluding hydrogens is 352 g/mol. The van der Waals surface area contributed by atoms with Crippen molar-refractivity contribution in [2.24, 2.45) is 0 Å². The monoisotopic (exact) mass is 380 g/mol. The van der Waals surface area contributed by atoms with E-state index in [1.54, 1.807) is 4.90 Å². The van der Waals surface area contributed by atoms with E-state index in [-0.39, 0.29) is 5.91 Å². The zero-order valence-corrected chi connectivity index (χ0v) is 16.7. The van der Waals surface area contributed by atoms with Gasteiger partial charge in [0.05, 0.1) is 24.7 Å². The third-order valence-electron chi connectivity index (χ3n) is 5.14. The first kappa shape index (κ1) is 20.1. The van der Waals surface area contributed by atoms with E-state index in [0.29, 0.717) is 18.7 Å². The van der Waals surface area contributed by atoms with E-state index >= 15 is 0 Å². The number of nitriles is 1. The Bertz CT molecular complexity index is 822. The van der Waals surface area contributed by atoms with Gasteiger partial charge >= 0.3 is 0 Å². The van der Waals surface area contributed by atoms with E-state index in [4.69, 9.17) is 9.68 Å². The Morgan fingerprint density at radius 2 is 1.82 bits per heavy atom. The average Bonchev–Trinajstić information content (AvgIpc) is 2.97. The number of carbonyl (C=O) groups excluding carboxylic acids is 1. The van der Waals surface area contributed by atoms with E-state index in [0.717, 1.165) is 50.7 Å². The summed E-state index contributed by atoms with van der Waals surface area (Å²) in [4.78, 5) is 19.0. The maximum atomic E-state index is 12.6. The van der Waals surface area contributed by atoms with Crippen LogP contribution >= 0.6 is 0 Å². The first-order chi connectivity index (χ1) is 13.5. The number of hydrogen-bond donors (Lipinski definition) is 0. The Morgan fingerprint density at radius 1 is 1.11 bits per heavy atom. The summed E-state index contributed by atoms with van der Waals surface area (Å²) in [6.45, 7) is 7.52. The number of furan rings is 1. The summed E-state index contributed by atoms with van der Waals surface area (Å²) in [5.74, 6) is 1.80. The minimum atomic E-state index is 0.120. The van der Waals surface area contributed by atoms with Crippen molar-refractivity contribution < 1.29 is 9.21 Å². The molecule has 0 spiro atoms. The topological polar surface area (TPSA) is 63.7 Å². The van der Waals surface area contributed by atoms with Crippen molar-refractivity contribution in [3.63, 3.8) is 0 Å². The molecule has 3 rings (SSSR count). The molecule has 0 radical (unpaired) electrons. The summed E-state index contributed by atoms with van der Waals surface area (Å²) >= 11 is 0. The Labute approximate surface area is 166 Å². The number of likely N-dealkylation sites (N-methyl/N-ethyl adjacent to an activating group) is 1. The predicted octanol–water partition coefficient (Wildman–Crippen LogP) is 2.63. The number of rotatable bonds is 6. The number of nitrogens with zero attached hydrogens (tertiary/aromatic N) is 4. The minimum absolute atomic E-state index is 0.120. The van der Waals surface area contributed by atoms with Gasteiger partial charge in [-0.3, -0.25) is 14.6 Å². The standard InChI is InChI=1S/C22H28N4O2/c1-18-4-9-21(28-18)16-24(2)22(27)17-26-11-3-10-25(12-13-26)15-20-7-5-19(14-23)6-8-20/h4-9H,3,10-13,15-17H2,1-2H3. The van der Waals surface area contributed by atoms with Gasteiger partial charge in [-0.2, -0.15) is 5.26 Å². The van der Waals surface area contributed by atoms with Crippen LogP contribution < -0.4 is 0 Å². The van der Waals surface area contributed by atoms with Crippen LogP contribution in [0.1, 0.15) is 29.1 Å². The van der Waals surface area contributed by atoms with Crippen LogP contribution in [0.3, 0.4) is 0 Å². The fraction of sp³-hybridized carbons (Fsp3) is 0.455. The van der Waals surface area contributed by atoms with Crippen molar-refractivity contribution in [3.05, 3.63) is 59.0 Å². The molecule has 0 atom stereocenters. The Balaban J connectivity index is 1.46. The van der Waals surface area contributed by atoms with Crippen LogP contribution in [0.4, 0.5) is 0 Å². The van der Waals surface area contributed by atoms with Gasteiger partial charge in [-0.25, -0.2) is 0 Å². The van der Waals surface area contributed by atoms with E-state index in [9.17, 15) is 4.79 Å². The van der Waals surface area contributed by atoms with Crippen molar-refractivity contribution >= 4 is 5.91 Å². The zero-order chi connectivity index (χ0) is 19.9. The lowest BCUT2D eigenvalue weighted by atomic mass is 10.1. The van der Waals surface area contributed by atoms with Gasteiger partial charge in [0.1, 0.15) is 11.5 Å². The Kier molecular flexibility index (Phi) is 6.85. The van der Waals surface area contributed by atoms with Crippen molar-refractivity contribution in [2.45, 2.75) is 26.4 Å². The molecule has 6 nitrogen and oxygen atoms in total. The number of aryl methyl sites for hydroxylation is 1. The lowest BCUT2D eigenvalue weighted by Crippen LogP contribution is -2.39. The Hall–Kier alpha value is -2.62. The van der Waals surface area contributed by atoms with Crippen LogP contribution in [-0.2, 0) is 17.9 Å². The predicted molar refractivity (Wildman–Crippen MR) is 107 cm³/mol. The fourth-order valence-corrected chi connectivity index (χ4v) is 3.49. The number of carbonyl (C=O) groups is 1. The lowest BCUT2D eigenvalue weighted by molar-refractivity contribution is -0.131. The van der Waals surface area contributed by atoms with Crippen molar-refractivity contribution in [2.75, 3.05) is 39.8 Å². The van der Waals surface area contributed by atoms with Crippen LogP contribution in [-0.4, -0.2) is 60.4 Å². The number of hydrogen-bond acceptors (Lipinski definition) is 5. The largest absolute Gasteiger partial charge is 0.464 e. The summed E-state index contributed by atoms with van der Waals surface area (Å²) < 4.78 is 5.57. The molecule has 1 fully saturated rings. The molecule has 148 valence electrons. The molecule has 28 heavy (non-hydrogen) atoms. The van der Waals surface area contributed by atoms with Crippen molar-refractivity contribution in [1.29, 1.82) is 5.26 Å². The molecule has 0 bridgehead atoms. The molecular formula is C22H28N4O2. The molecule has 0 aliphatic carbocycles. The second kappa shape index (κ2) is 9.54. The van der Waals surface area contributed by atoms with Crippen LogP contribution in [0, 0.1) is 18.3 Å². The molecule has 1 aliphatic rings. The highest BCUT2D eigenvalue weighted by Gasteiger charge is 2.19. The molecule has 0 unspecified atom stereocenters. The maximum absolute atomic E-state index is 12.6. The molecule has 1 amide bonds. The van der Waals surface area contributed by atoms with Gasteiger partial charge in [0, 0.05) is 26.7 Å². The molecule has 2 aromatic rings. The van der Waals surface area contributed by atoms with E-state index in [1.807, 2.05) is 50.4 Å². The second-order valence-electron chi connectivity index (χ2n) is 7.48. The quantitative estimate of drug-likeness (QED) is 0.771. The summed E-state index contributed by atoms with van der Waals surface area (Å²) in [6, 6.07) is 13.8. The highest BCUT2D eigenvalue weighted by atomic mass is 16.3. The molecule has 1 aromatic carbocycles. The van der Waals surface area contributed by atoms with Crippen molar-refractivity contribution in [3.8, 4) is 6.07 Å². The normalized spacial score (nSPS) is 15.8. The fourth-order valence-electron chi connectivity index (χ4n) is 3.49. The van der Waals surface area contributed by atoms with Crippen LogP contribution in [0.2, 0.25) is 0 Å². The van der Waals surface area contributed by atoms with E-state index in [1.165, 1.54) is 5.56 Å². The lowest BCUT2D eigenvalue weighted by Gasteiger charge is -2.24. The highest BCUT2D eigenvalue weighted by molar-refractivity contribution is 5.77. The third-order valence-corrected chi connectivity index (χ3v) is 5.14. The molecule has 0 saturated carbocycles.